The summed E-state index contributed by atoms with van der Waals surface area (Å²) in [4.78, 5) is 17.7. The van der Waals surface area contributed by atoms with E-state index in [-0.39, 0.29) is 11.7 Å². The second-order valence-electron chi connectivity index (χ2n) is 8.61. The molecule has 0 spiro atoms. The van der Waals surface area contributed by atoms with Crippen LogP contribution in [0.25, 0.3) is 0 Å². The number of phenols is 1. The van der Waals surface area contributed by atoms with Crippen molar-refractivity contribution < 1.29 is 27.8 Å². The van der Waals surface area contributed by atoms with E-state index in [9.17, 15) is 23.1 Å². The number of benzene rings is 2. The third kappa shape index (κ3) is 5.47. The van der Waals surface area contributed by atoms with Crippen LogP contribution in [-0.2, 0) is 23.9 Å². The number of halogens is 3. The maximum atomic E-state index is 13.9. The van der Waals surface area contributed by atoms with Crippen LogP contribution in [-0.4, -0.2) is 60.3 Å². The molecule has 1 amide bonds. The molecule has 0 aliphatic carbocycles. The first kappa shape index (κ1) is 25.8. The molecule has 1 saturated heterocycles. The Morgan fingerprint density at radius 1 is 1.21 bits per heavy atom. The number of carbonyl (C=O) groups is 1. The Labute approximate surface area is 198 Å². The first-order valence-corrected chi connectivity index (χ1v) is 11.4. The number of likely N-dealkylation sites (N-methyl/N-ethyl adjacent to an activating group) is 1. The van der Waals surface area contributed by atoms with Crippen LogP contribution in [0, 0.1) is 0 Å². The molecular formula is C25H32F3N3O3. The summed E-state index contributed by atoms with van der Waals surface area (Å²) in [6.45, 7) is 3.91. The minimum atomic E-state index is -4.41. The predicted molar refractivity (Wildman–Crippen MR) is 123 cm³/mol. The molecule has 1 aliphatic rings. The third-order valence-corrected chi connectivity index (χ3v) is 6.44. The van der Waals surface area contributed by atoms with Gasteiger partial charge in [-0.25, -0.2) is 0 Å². The summed E-state index contributed by atoms with van der Waals surface area (Å²) in [5.41, 5.74) is -0.0473. The number of likely N-dealkylation sites (tertiary alicyclic amines) is 1. The number of nitrogens with one attached hydrogen (secondary N) is 1. The average molecular weight is 480 g/mol. The fraction of sp³-hybridized carbons (Fsp3) is 0.480. The molecule has 0 aromatic heterocycles. The maximum absolute atomic E-state index is 13.9. The first-order chi connectivity index (χ1) is 16.1. The zero-order valence-corrected chi connectivity index (χ0v) is 19.8. The lowest BCUT2D eigenvalue weighted by Gasteiger charge is -2.41. The number of nitrogens with zero attached hydrogens (tertiary/aromatic N) is 2. The van der Waals surface area contributed by atoms with Crippen molar-refractivity contribution in [2.75, 3.05) is 33.9 Å². The van der Waals surface area contributed by atoms with Crippen molar-refractivity contribution in [1.82, 2.24) is 15.1 Å². The van der Waals surface area contributed by atoms with Gasteiger partial charge in [0.1, 0.15) is 5.54 Å². The average Bonchev–Trinajstić information content (AvgIpc) is 3.20. The molecule has 3 rings (SSSR count). The molecule has 1 aliphatic heterocycles. The van der Waals surface area contributed by atoms with Gasteiger partial charge in [-0.3, -0.25) is 9.69 Å². The molecule has 2 aromatic carbocycles. The number of carbonyl (C=O) groups excluding carboxylic acids is 1. The van der Waals surface area contributed by atoms with Gasteiger partial charge >= 0.3 is 6.18 Å². The second kappa shape index (κ2) is 10.7. The number of hydrogen-bond acceptors (Lipinski definition) is 5. The predicted octanol–water partition coefficient (Wildman–Crippen LogP) is 4.02. The van der Waals surface area contributed by atoms with Crippen LogP contribution in [0.2, 0.25) is 0 Å². The van der Waals surface area contributed by atoms with E-state index in [4.69, 9.17) is 4.74 Å². The molecule has 0 radical (unpaired) electrons. The molecule has 186 valence electrons. The molecule has 2 aromatic rings. The number of phenolic OH excluding ortho intramolecular Hbond substituents is 1. The van der Waals surface area contributed by atoms with E-state index in [0.717, 1.165) is 24.1 Å². The van der Waals surface area contributed by atoms with Crippen molar-refractivity contribution in [3.8, 4) is 11.5 Å². The van der Waals surface area contributed by atoms with E-state index in [1.165, 1.54) is 19.2 Å². The van der Waals surface area contributed by atoms with Gasteiger partial charge in [-0.1, -0.05) is 18.2 Å². The van der Waals surface area contributed by atoms with Gasteiger partial charge in [-0.05, 0) is 75.2 Å². The van der Waals surface area contributed by atoms with Gasteiger partial charge < -0.3 is 20.1 Å². The van der Waals surface area contributed by atoms with Crippen LogP contribution >= 0.6 is 0 Å². The molecular weight excluding hydrogens is 447 g/mol. The van der Waals surface area contributed by atoms with Crippen LogP contribution in [0.1, 0.15) is 36.5 Å². The van der Waals surface area contributed by atoms with Crippen molar-refractivity contribution in [2.24, 2.45) is 0 Å². The third-order valence-electron chi connectivity index (χ3n) is 6.44. The van der Waals surface area contributed by atoms with Gasteiger partial charge in [-0.15, -0.1) is 0 Å². The molecule has 1 heterocycles. The van der Waals surface area contributed by atoms with Crippen LogP contribution in [0.5, 0.6) is 11.5 Å². The van der Waals surface area contributed by atoms with E-state index in [2.05, 4.69) is 10.2 Å². The van der Waals surface area contributed by atoms with Gasteiger partial charge in [0.15, 0.2) is 11.5 Å². The number of methoxy groups -OCH3 is 1. The Kier molecular flexibility index (Phi) is 8.09. The molecule has 9 heteroatoms. The Morgan fingerprint density at radius 2 is 1.88 bits per heavy atom. The summed E-state index contributed by atoms with van der Waals surface area (Å²) in [5.74, 6) is 0.333. The lowest BCUT2D eigenvalue weighted by Crippen LogP contribution is -2.58. The minimum absolute atomic E-state index is 0.0333. The number of ether oxygens (including phenoxy) is 1. The Hall–Kier alpha value is -2.78. The van der Waals surface area contributed by atoms with Crippen LogP contribution in [0.4, 0.5) is 13.2 Å². The SMILES string of the molecule is CCN(CNC)C(=O)[C@@]1(Cc2ccc(C(F)(F)F)cc2)CCCN1Cc1ccc(O)c(OC)c1. The van der Waals surface area contributed by atoms with E-state index in [1.807, 2.05) is 6.92 Å². The summed E-state index contributed by atoms with van der Waals surface area (Å²) >= 11 is 0. The van der Waals surface area contributed by atoms with Crippen molar-refractivity contribution in [2.45, 2.75) is 44.4 Å². The smallest absolute Gasteiger partial charge is 0.416 e. The Balaban J connectivity index is 1.97. The number of alkyl halides is 3. The number of hydrogen-bond donors (Lipinski definition) is 2. The lowest BCUT2D eigenvalue weighted by molar-refractivity contribution is -0.143. The van der Waals surface area contributed by atoms with Crippen LogP contribution in [0.3, 0.4) is 0 Å². The highest BCUT2D eigenvalue weighted by atomic mass is 19.4. The van der Waals surface area contributed by atoms with Gasteiger partial charge in [0.05, 0.1) is 19.3 Å². The van der Waals surface area contributed by atoms with E-state index >= 15 is 0 Å². The Bertz CT molecular complexity index is 982. The molecule has 0 saturated carbocycles. The van der Waals surface area contributed by atoms with Gasteiger partial charge in [0.25, 0.3) is 0 Å². The molecule has 0 unspecified atom stereocenters. The largest absolute Gasteiger partial charge is 0.504 e. The number of aromatic hydroxyl groups is 1. The van der Waals surface area contributed by atoms with Gasteiger partial charge in [0, 0.05) is 13.1 Å². The number of rotatable bonds is 9. The monoisotopic (exact) mass is 479 g/mol. The van der Waals surface area contributed by atoms with Crippen molar-refractivity contribution in [3.63, 3.8) is 0 Å². The molecule has 1 fully saturated rings. The van der Waals surface area contributed by atoms with Crippen molar-refractivity contribution in [3.05, 3.63) is 59.2 Å². The molecule has 34 heavy (non-hydrogen) atoms. The van der Waals surface area contributed by atoms with E-state index in [1.54, 1.807) is 30.1 Å². The van der Waals surface area contributed by atoms with Crippen molar-refractivity contribution in [1.29, 1.82) is 0 Å². The highest BCUT2D eigenvalue weighted by Crippen LogP contribution is 2.38. The fourth-order valence-electron chi connectivity index (χ4n) is 4.69. The van der Waals surface area contributed by atoms with Gasteiger partial charge in [-0.2, -0.15) is 13.2 Å². The summed E-state index contributed by atoms with van der Waals surface area (Å²) in [7, 11) is 3.25. The van der Waals surface area contributed by atoms with Crippen molar-refractivity contribution >= 4 is 5.91 Å². The summed E-state index contributed by atoms with van der Waals surface area (Å²) in [5, 5.41) is 13.0. The van der Waals surface area contributed by atoms with Gasteiger partial charge in [0.2, 0.25) is 5.91 Å². The van der Waals surface area contributed by atoms with Crippen LogP contribution in [0.15, 0.2) is 42.5 Å². The first-order valence-electron chi connectivity index (χ1n) is 11.4. The fourth-order valence-corrected chi connectivity index (χ4v) is 4.69. The minimum Gasteiger partial charge on any atom is -0.504 e. The summed E-state index contributed by atoms with van der Waals surface area (Å²) in [6, 6.07) is 10.2. The zero-order valence-electron chi connectivity index (χ0n) is 19.8. The summed E-state index contributed by atoms with van der Waals surface area (Å²) < 4.78 is 44.4. The zero-order chi connectivity index (χ0) is 24.9. The standard InChI is InChI=1S/C25H32F3N3O3/c1-4-30(17-29-2)23(33)24(15-18-6-9-20(10-7-18)25(26,27)28)12-5-13-31(24)16-19-8-11-21(32)22(14-19)34-3/h6-11,14,29,32H,4-5,12-13,15-17H2,1-3H3/t24-/m0/s1. The second-order valence-corrected chi connectivity index (χ2v) is 8.61. The van der Waals surface area contributed by atoms with Crippen LogP contribution < -0.4 is 10.1 Å². The van der Waals surface area contributed by atoms with E-state index < -0.39 is 17.3 Å². The summed E-state index contributed by atoms with van der Waals surface area (Å²) in [6.07, 6.45) is -2.71. The quantitative estimate of drug-likeness (QED) is 0.532. The molecule has 1 atom stereocenters. The Morgan fingerprint density at radius 3 is 2.47 bits per heavy atom. The number of amides is 1. The topological polar surface area (TPSA) is 65.0 Å². The highest BCUT2D eigenvalue weighted by molar-refractivity contribution is 5.87. The highest BCUT2D eigenvalue weighted by Gasteiger charge is 2.49. The molecule has 6 nitrogen and oxygen atoms in total. The lowest BCUT2D eigenvalue weighted by atomic mass is 9.85. The molecule has 2 N–H and O–H groups in total. The molecule has 0 bridgehead atoms. The normalized spacial score (nSPS) is 18.8. The van der Waals surface area contributed by atoms with E-state index in [0.29, 0.717) is 50.5 Å². The maximum Gasteiger partial charge on any atom is 0.416 e.